The molecule has 0 unspecified atom stereocenters. The Labute approximate surface area is 84.0 Å². The van der Waals surface area contributed by atoms with Crippen molar-refractivity contribution in [3.63, 3.8) is 0 Å². The van der Waals surface area contributed by atoms with Crippen molar-refractivity contribution in [3.05, 3.63) is 29.6 Å². The SMILES string of the molecule is CCCN(C)c1cccc(F)c1CO. The summed E-state index contributed by atoms with van der Waals surface area (Å²) in [6.07, 6.45) is 0.998. The monoisotopic (exact) mass is 197 g/mol. The van der Waals surface area contributed by atoms with E-state index in [0.29, 0.717) is 5.56 Å². The molecule has 0 amide bonds. The van der Waals surface area contributed by atoms with Crippen LogP contribution in [-0.2, 0) is 6.61 Å². The second kappa shape index (κ2) is 4.96. The van der Waals surface area contributed by atoms with Gasteiger partial charge in [-0.1, -0.05) is 13.0 Å². The lowest BCUT2D eigenvalue weighted by atomic mass is 10.1. The molecule has 0 radical (unpaired) electrons. The zero-order chi connectivity index (χ0) is 10.6. The Bertz CT molecular complexity index is 301. The Morgan fingerprint density at radius 2 is 2.14 bits per heavy atom. The molecule has 3 heteroatoms. The largest absolute Gasteiger partial charge is 0.391 e. The molecule has 1 aromatic carbocycles. The summed E-state index contributed by atoms with van der Waals surface area (Å²) in [5.74, 6) is -0.340. The maximum absolute atomic E-state index is 13.3. The van der Waals surface area contributed by atoms with E-state index in [2.05, 4.69) is 6.92 Å². The maximum Gasteiger partial charge on any atom is 0.130 e. The fourth-order valence-electron chi connectivity index (χ4n) is 1.52. The summed E-state index contributed by atoms with van der Waals surface area (Å²) in [5.41, 5.74) is 1.15. The van der Waals surface area contributed by atoms with Crippen LogP contribution in [0.25, 0.3) is 0 Å². The molecule has 0 saturated carbocycles. The third kappa shape index (κ3) is 2.23. The van der Waals surface area contributed by atoms with Crippen LogP contribution in [0.15, 0.2) is 18.2 Å². The first-order valence-electron chi connectivity index (χ1n) is 4.80. The smallest absolute Gasteiger partial charge is 0.130 e. The van der Waals surface area contributed by atoms with Crippen molar-refractivity contribution < 1.29 is 9.50 Å². The number of rotatable bonds is 4. The summed E-state index contributed by atoms with van der Waals surface area (Å²) in [6, 6.07) is 4.86. The van der Waals surface area contributed by atoms with Gasteiger partial charge in [-0.3, -0.25) is 0 Å². The minimum atomic E-state index is -0.340. The zero-order valence-electron chi connectivity index (χ0n) is 8.63. The van der Waals surface area contributed by atoms with E-state index in [9.17, 15) is 4.39 Å². The van der Waals surface area contributed by atoms with E-state index in [-0.39, 0.29) is 12.4 Å². The van der Waals surface area contributed by atoms with E-state index >= 15 is 0 Å². The summed E-state index contributed by atoms with van der Waals surface area (Å²) in [7, 11) is 1.90. The van der Waals surface area contributed by atoms with Gasteiger partial charge in [0.25, 0.3) is 0 Å². The Balaban J connectivity index is 3.00. The van der Waals surface area contributed by atoms with Crippen molar-refractivity contribution >= 4 is 5.69 Å². The summed E-state index contributed by atoms with van der Waals surface area (Å²) >= 11 is 0. The lowest BCUT2D eigenvalue weighted by Gasteiger charge is -2.21. The minimum Gasteiger partial charge on any atom is -0.391 e. The quantitative estimate of drug-likeness (QED) is 0.799. The summed E-state index contributed by atoms with van der Waals surface area (Å²) < 4.78 is 13.3. The van der Waals surface area contributed by atoms with Gasteiger partial charge in [0.1, 0.15) is 5.82 Å². The van der Waals surface area contributed by atoms with Gasteiger partial charge in [-0.2, -0.15) is 0 Å². The lowest BCUT2D eigenvalue weighted by Crippen LogP contribution is -2.19. The van der Waals surface area contributed by atoms with Crippen LogP contribution in [0.5, 0.6) is 0 Å². The maximum atomic E-state index is 13.3. The molecule has 14 heavy (non-hydrogen) atoms. The third-order valence-electron chi connectivity index (χ3n) is 2.22. The molecule has 0 fully saturated rings. The van der Waals surface area contributed by atoms with E-state index in [1.807, 2.05) is 18.0 Å². The van der Waals surface area contributed by atoms with Crippen LogP contribution in [-0.4, -0.2) is 18.7 Å². The average molecular weight is 197 g/mol. The van der Waals surface area contributed by atoms with Crippen molar-refractivity contribution in [3.8, 4) is 0 Å². The number of halogens is 1. The van der Waals surface area contributed by atoms with Gasteiger partial charge in [0.05, 0.1) is 6.61 Å². The summed E-state index contributed by atoms with van der Waals surface area (Å²) in [4.78, 5) is 1.95. The number of anilines is 1. The van der Waals surface area contributed by atoms with E-state index in [1.54, 1.807) is 6.07 Å². The fourth-order valence-corrected chi connectivity index (χ4v) is 1.52. The number of benzene rings is 1. The van der Waals surface area contributed by atoms with E-state index in [4.69, 9.17) is 5.11 Å². The van der Waals surface area contributed by atoms with Gasteiger partial charge < -0.3 is 10.0 Å². The number of hydrogen-bond acceptors (Lipinski definition) is 2. The van der Waals surface area contributed by atoms with Crippen LogP contribution in [0.3, 0.4) is 0 Å². The fraction of sp³-hybridized carbons (Fsp3) is 0.455. The Kier molecular flexibility index (Phi) is 3.89. The topological polar surface area (TPSA) is 23.5 Å². The predicted octanol–water partition coefficient (Wildman–Crippen LogP) is 2.16. The lowest BCUT2D eigenvalue weighted by molar-refractivity contribution is 0.276. The molecule has 0 spiro atoms. The summed E-state index contributed by atoms with van der Waals surface area (Å²) in [5, 5.41) is 9.05. The second-order valence-corrected chi connectivity index (χ2v) is 3.32. The Hall–Kier alpha value is -1.09. The standard InChI is InChI=1S/C11H16FNO/c1-3-7-13(2)11-6-4-5-10(12)9(11)8-14/h4-6,14H,3,7-8H2,1-2H3. The molecule has 0 bridgehead atoms. The van der Waals surface area contributed by atoms with Crippen molar-refractivity contribution in [1.82, 2.24) is 0 Å². The van der Waals surface area contributed by atoms with E-state index < -0.39 is 0 Å². The van der Waals surface area contributed by atoms with Gasteiger partial charge in [-0.15, -0.1) is 0 Å². The third-order valence-corrected chi connectivity index (χ3v) is 2.22. The molecule has 0 aliphatic rings. The van der Waals surface area contributed by atoms with E-state index in [0.717, 1.165) is 18.7 Å². The van der Waals surface area contributed by atoms with Gasteiger partial charge in [0.15, 0.2) is 0 Å². The highest BCUT2D eigenvalue weighted by molar-refractivity contribution is 5.53. The van der Waals surface area contributed by atoms with Gasteiger partial charge in [0.2, 0.25) is 0 Å². The highest BCUT2D eigenvalue weighted by Crippen LogP contribution is 2.22. The number of aliphatic hydroxyl groups excluding tert-OH is 1. The van der Waals surface area contributed by atoms with Gasteiger partial charge in [0, 0.05) is 24.8 Å². The number of hydrogen-bond donors (Lipinski definition) is 1. The first kappa shape index (κ1) is 11.0. The van der Waals surface area contributed by atoms with Crippen LogP contribution in [0.1, 0.15) is 18.9 Å². The molecule has 0 saturated heterocycles. The van der Waals surface area contributed by atoms with Crippen LogP contribution in [0.2, 0.25) is 0 Å². The molecule has 0 aliphatic carbocycles. The molecule has 0 aliphatic heterocycles. The summed E-state index contributed by atoms with van der Waals surface area (Å²) in [6.45, 7) is 2.67. The van der Waals surface area contributed by atoms with Crippen LogP contribution < -0.4 is 4.90 Å². The van der Waals surface area contributed by atoms with Gasteiger partial charge >= 0.3 is 0 Å². The first-order chi connectivity index (χ1) is 6.70. The Morgan fingerprint density at radius 1 is 1.43 bits per heavy atom. The zero-order valence-corrected chi connectivity index (χ0v) is 8.63. The molecular formula is C11H16FNO. The molecule has 78 valence electrons. The van der Waals surface area contributed by atoms with Crippen LogP contribution in [0.4, 0.5) is 10.1 Å². The minimum absolute atomic E-state index is 0.254. The van der Waals surface area contributed by atoms with E-state index in [1.165, 1.54) is 6.07 Å². The van der Waals surface area contributed by atoms with Gasteiger partial charge in [-0.25, -0.2) is 4.39 Å². The molecule has 0 atom stereocenters. The highest BCUT2D eigenvalue weighted by Gasteiger charge is 2.09. The number of aliphatic hydroxyl groups is 1. The normalized spacial score (nSPS) is 10.3. The van der Waals surface area contributed by atoms with Crippen LogP contribution >= 0.6 is 0 Å². The first-order valence-corrected chi connectivity index (χ1v) is 4.80. The molecule has 1 N–H and O–H groups in total. The molecule has 1 aromatic rings. The highest BCUT2D eigenvalue weighted by atomic mass is 19.1. The van der Waals surface area contributed by atoms with Crippen molar-refractivity contribution in [2.75, 3.05) is 18.5 Å². The van der Waals surface area contributed by atoms with Crippen molar-refractivity contribution in [2.24, 2.45) is 0 Å². The molecular weight excluding hydrogens is 181 g/mol. The second-order valence-electron chi connectivity index (χ2n) is 3.32. The molecule has 0 aromatic heterocycles. The van der Waals surface area contributed by atoms with Crippen molar-refractivity contribution in [2.45, 2.75) is 20.0 Å². The molecule has 1 rings (SSSR count). The van der Waals surface area contributed by atoms with Gasteiger partial charge in [-0.05, 0) is 18.6 Å². The van der Waals surface area contributed by atoms with Crippen LogP contribution in [0, 0.1) is 5.82 Å². The predicted molar refractivity (Wildman–Crippen MR) is 55.9 cm³/mol. The number of nitrogens with zero attached hydrogens (tertiary/aromatic N) is 1. The molecule has 0 heterocycles. The Morgan fingerprint density at radius 3 is 2.71 bits per heavy atom. The molecule has 2 nitrogen and oxygen atoms in total. The average Bonchev–Trinajstić information content (AvgIpc) is 2.17. The van der Waals surface area contributed by atoms with Crippen molar-refractivity contribution in [1.29, 1.82) is 0 Å².